The van der Waals surface area contributed by atoms with Crippen molar-refractivity contribution in [2.24, 2.45) is 5.92 Å². The van der Waals surface area contributed by atoms with Crippen LogP contribution in [0.25, 0.3) is 11.1 Å². The van der Waals surface area contributed by atoms with Crippen molar-refractivity contribution in [2.45, 2.75) is 84.8 Å². The van der Waals surface area contributed by atoms with Crippen molar-refractivity contribution in [1.82, 2.24) is 0 Å². The predicted molar refractivity (Wildman–Crippen MR) is 140 cm³/mol. The Labute approximate surface area is 217 Å². The first-order valence-corrected chi connectivity index (χ1v) is 13.3. The number of amides is 1. The molecular weight excluding hydrogens is 473 g/mol. The third-order valence-electron chi connectivity index (χ3n) is 7.92. The van der Waals surface area contributed by atoms with Crippen molar-refractivity contribution in [3.8, 4) is 16.9 Å². The third kappa shape index (κ3) is 4.52. The van der Waals surface area contributed by atoms with Crippen molar-refractivity contribution in [1.29, 1.82) is 0 Å². The lowest BCUT2D eigenvalue weighted by molar-refractivity contribution is -0.160. The maximum absolute atomic E-state index is 15.4. The normalized spacial score (nSPS) is 18.1. The molecule has 5 rings (SSSR count). The minimum absolute atomic E-state index is 0.0467. The lowest BCUT2D eigenvalue weighted by atomic mass is 9.82. The molecule has 0 bridgehead atoms. The van der Waals surface area contributed by atoms with Gasteiger partial charge in [-0.3, -0.25) is 4.79 Å². The SMILES string of the molecule is Cc1cc2c(c(-c3cc(F)c4c(c3C)CCCO4)c1[C@H](OC(C)(C)C)C(=O)O)CCN2C(=O)C1CCC1. The second-order valence-electron chi connectivity index (χ2n) is 11.6. The van der Waals surface area contributed by atoms with Crippen LogP contribution in [0.3, 0.4) is 0 Å². The first-order chi connectivity index (χ1) is 17.5. The van der Waals surface area contributed by atoms with Crippen molar-refractivity contribution in [3.05, 3.63) is 45.8 Å². The first kappa shape index (κ1) is 25.7. The molecule has 37 heavy (non-hydrogen) atoms. The fraction of sp³-hybridized carbons (Fsp3) is 0.533. The predicted octanol–water partition coefficient (Wildman–Crippen LogP) is 6.06. The second-order valence-corrected chi connectivity index (χ2v) is 11.6. The number of carbonyl (C=O) groups is 2. The van der Waals surface area contributed by atoms with E-state index in [0.29, 0.717) is 54.0 Å². The van der Waals surface area contributed by atoms with E-state index in [1.54, 1.807) is 0 Å². The molecule has 2 aromatic rings. The Kier molecular flexibility index (Phi) is 6.55. The number of ether oxygens (including phenoxy) is 2. The summed E-state index contributed by atoms with van der Waals surface area (Å²) in [6.07, 6.45) is 3.71. The number of hydrogen-bond acceptors (Lipinski definition) is 4. The number of hydrogen-bond donors (Lipinski definition) is 1. The Bertz CT molecular complexity index is 1270. The van der Waals surface area contributed by atoms with E-state index in [4.69, 9.17) is 9.47 Å². The highest BCUT2D eigenvalue weighted by atomic mass is 19.1. The summed E-state index contributed by atoms with van der Waals surface area (Å²) in [5.41, 5.74) is 5.25. The van der Waals surface area contributed by atoms with Gasteiger partial charge in [0.2, 0.25) is 5.91 Å². The van der Waals surface area contributed by atoms with Gasteiger partial charge in [0.25, 0.3) is 0 Å². The number of anilines is 1. The molecule has 0 spiro atoms. The van der Waals surface area contributed by atoms with Crippen LogP contribution < -0.4 is 9.64 Å². The fourth-order valence-corrected chi connectivity index (χ4v) is 5.95. The molecular formula is C30H36FNO5. The molecule has 3 aliphatic rings. The standard InChI is InChI=1S/C30H36FNO5/c1-16-14-23-20(11-12-32(23)28(33)18-8-6-9-18)25(24(16)27(29(34)35)37-30(3,4)5)21-15-22(31)26-19(17(21)2)10-7-13-36-26/h14-15,18,27H,6-13H2,1-5H3,(H,34,35)/t27-/m0/s1. The number of rotatable bonds is 5. The van der Waals surface area contributed by atoms with Crippen LogP contribution in [0.15, 0.2) is 12.1 Å². The van der Waals surface area contributed by atoms with E-state index >= 15 is 4.39 Å². The topological polar surface area (TPSA) is 76.1 Å². The zero-order valence-corrected chi connectivity index (χ0v) is 22.4. The number of carbonyl (C=O) groups excluding carboxylic acids is 1. The number of fused-ring (bicyclic) bond motifs is 2. The van der Waals surface area contributed by atoms with Crippen LogP contribution in [0.5, 0.6) is 5.75 Å². The van der Waals surface area contributed by atoms with Gasteiger partial charge in [-0.15, -0.1) is 0 Å². The smallest absolute Gasteiger partial charge is 0.337 e. The summed E-state index contributed by atoms with van der Waals surface area (Å²) in [4.78, 5) is 27.8. The highest BCUT2D eigenvalue weighted by Gasteiger charge is 2.39. The van der Waals surface area contributed by atoms with Crippen LogP contribution in [0.2, 0.25) is 0 Å². The number of aliphatic carboxylic acids is 1. The Morgan fingerprint density at radius 2 is 1.86 bits per heavy atom. The molecule has 2 heterocycles. The van der Waals surface area contributed by atoms with E-state index in [1.807, 2.05) is 45.6 Å². The van der Waals surface area contributed by atoms with Crippen molar-refractivity contribution in [2.75, 3.05) is 18.1 Å². The molecule has 0 saturated heterocycles. The van der Waals surface area contributed by atoms with E-state index in [1.165, 1.54) is 6.07 Å². The van der Waals surface area contributed by atoms with Crippen LogP contribution in [0.1, 0.15) is 80.4 Å². The van der Waals surface area contributed by atoms with Crippen LogP contribution in [0.4, 0.5) is 10.1 Å². The van der Waals surface area contributed by atoms with Gasteiger partial charge in [0.05, 0.1) is 12.2 Å². The van der Waals surface area contributed by atoms with Gasteiger partial charge in [-0.05, 0) is 107 Å². The Morgan fingerprint density at radius 3 is 2.49 bits per heavy atom. The molecule has 0 radical (unpaired) electrons. The molecule has 2 aromatic carbocycles. The lowest BCUT2D eigenvalue weighted by Crippen LogP contribution is -2.37. The quantitative estimate of drug-likeness (QED) is 0.530. The third-order valence-corrected chi connectivity index (χ3v) is 7.92. The molecule has 1 aliphatic carbocycles. The molecule has 0 aromatic heterocycles. The zero-order chi connectivity index (χ0) is 26.6. The highest BCUT2D eigenvalue weighted by Crippen LogP contribution is 2.48. The number of nitrogens with zero attached hydrogens (tertiary/aromatic N) is 1. The van der Waals surface area contributed by atoms with Gasteiger partial charge >= 0.3 is 5.97 Å². The van der Waals surface area contributed by atoms with Crippen LogP contribution >= 0.6 is 0 Å². The minimum Gasteiger partial charge on any atom is -0.490 e. The van der Waals surface area contributed by atoms with Crippen molar-refractivity contribution < 1.29 is 28.6 Å². The highest BCUT2D eigenvalue weighted by molar-refractivity contribution is 6.00. The van der Waals surface area contributed by atoms with Gasteiger partial charge < -0.3 is 19.5 Å². The Morgan fingerprint density at radius 1 is 1.14 bits per heavy atom. The molecule has 1 saturated carbocycles. The summed E-state index contributed by atoms with van der Waals surface area (Å²) in [7, 11) is 0. The van der Waals surface area contributed by atoms with Gasteiger partial charge in [-0.2, -0.15) is 0 Å². The number of halogens is 1. The average Bonchev–Trinajstić information content (AvgIpc) is 3.21. The molecule has 6 nitrogen and oxygen atoms in total. The fourth-order valence-electron chi connectivity index (χ4n) is 5.95. The van der Waals surface area contributed by atoms with E-state index in [2.05, 4.69) is 0 Å². The number of aryl methyl sites for hydroxylation is 1. The molecule has 1 amide bonds. The minimum atomic E-state index is -1.24. The van der Waals surface area contributed by atoms with Crippen LogP contribution in [0, 0.1) is 25.6 Å². The van der Waals surface area contributed by atoms with E-state index < -0.39 is 23.5 Å². The summed E-state index contributed by atoms with van der Waals surface area (Å²) >= 11 is 0. The van der Waals surface area contributed by atoms with E-state index in [9.17, 15) is 14.7 Å². The number of carboxylic acid groups (broad SMARTS) is 1. The number of carboxylic acids is 1. The van der Waals surface area contributed by atoms with Gasteiger partial charge in [0.1, 0.15) is 0 Å². The molecule has 7 heteroatoms. The monoisotopic (exact) mass is 509 g/mol. The maximum Gasteiger partial charge on any atom is 0.337 e. The van der Waals surface area contributed by atoms with Crippen molar-refractivity contribution >= 4 is 17.6 Å². The first-order valence-electron chi connectivity index (χ1n) is 13.3. The van der Waals surface area contributed by atoms with Gasteiger partial charge in [0, 0.05) is 29.3 Å². The largest absolute Gasteiger partial charge is 0.490 e. The van der Waals surface area contributed by atoms with E-state index in [0.717, 1.165) is 48.1 Å². The summed E-state index contributed by atoms with van der Waals surface area (Å²) < 4.78 is 27.2. The number of benzene rings is 2. The van der Waals surface area contributed by atoms with Crippen LogP contribution in [-0.2, 0) is 27.2 Å². The van der Waals surface area contributed by atoms with Crippen LogP contribution in [-0.4, -0.2) is 35.7 Å². The lowest BCUT2D eigenvalue weighted by Gasteiger charge is -2.32. The molecule has 2 aliphatic heterocycles. The second kappa shape index (κ2) is 9.43. The molecule has 1 atom stereocenters. The summed E-state index contributed by atoms with van der Waals surface area (Å²) in [5, 5.41) is 10.3. The van der Waals surface area contributed by atoms with Gasteiger partial charge in [0.15, 0.2) is 17.7 Å². The van der Waals surface area contributed by atoms with Crippen molar-refractivity contribution in [3.63, 3.8) is 0 Å². The van der Waals surface area contributed by atoms with Gasteiger partial charge in [-0.25, -0.2) is 9.18 Å². The summed E-state index contributed by atoms with van der Waals surface area (Å²) in [6.45, 7) is 10.3. The maximum atomic E-state index is 15.4. The summed E-state index contributed by atoms with van der Waals surface area (Å²) in [6, 6.07) is 3.40. The molecule has 198 valence electrons. The van der Waals surface area contributed by atoms with E-state index in [-0.39, 0.29) is 11.8 Å². The molecule has 0 unspecified atom stereocenters. The Hall–Kier alpha value is -2.93. The average molecular weight is 510 g/mol. The molecule has 1 fully saturated rings. The van der Waals surface area contributed by atoms with Gasteiger partial charge in [-0.1, -0.05) is 6.42 Å². The zero-order valence-electron chi connectivity index (χ0n) is 22.4. The molecule has 1 N–H and O–H groups in total. The summed E-state index contributed by atoms with van der Waals surface area (Å²) in [5.74, 6) is -1.07. The Balaban J connectivity index is 1.77.